The number of hydrogen-bond acceptors (Lipinski definition) is 18. The van der Waals surface area contributed by atoms with E-state index in [-0.39, 0.29) is 59.0 Å². The maximum atomic E-state index is 15.4. The van der Waals surface area contributed by atoms with Gasteiger partial charge in [0.05, 0.1) is 80.0 Å². The molecule has 4 aliphatic heterocycles. The Kier molecular flexibility index (Phi) is 24.8. The van der Waals surface area contributed by atoms with Crippen LogP contribution >= 0.6 is 11.8 Å². The molecule has 1 aromatic carbocycles. The summed E-state index contributed by atoms with van der Waals surface area (Å²) in [4.78, 5) is 170. The van der Waals surface area contributed by atoms with E-state index in [1.807, 2.05) is 0 Å². The number of nitrogens with one attached hydrogen (secondary N) is 6. The van der Waals surface area contributed by atoms with Crippen LogP contribution in [-0.2, 0) is 80.5 Å². The number of nitrogens with zero attached hydrogens (tertiary/aromatic N) is 2. The van der Waals surface area contributed by atoms with E-state index in [0.29, 0.717) is 54.6 Å². The normalized spacial score (nSPS) is 26.0. The van der Waals surface area contributed by atoms with Crippen molar-refractivity contribution in [2.45, 2.75) is 157 Å². The molecule has 4 aliphatic rings. The van der Waals surface area contributed by atoms with Crippen LogP contribution in [0.15, 0.2) is 17.2 Å². The van der Waals surface area contributed by atoms with Crippen molar-refractivity contribution in [3.63, 3.8) is 0 Å². The third-order valence-electron chi connectivity index (χ3n) is 16.7. The molecule has 12 atom stereocenters. The lowest BCUT2D eigenvalue weighted by Crippen LogP contribution is -2.60. The van der Waals surface area contributed by atoms with Crippen LogP contribution < -0.4 is 37.1 Å². The number of Topliss-reactive ketones (excluding diaryl/α,β-unsaturated/α-hetero) is 3. The van der Waals surface area contributed by atoms with E-state index in [0.717, 1.165) is 4.90 Å². The van der Waals surface area contributed by atoms with Crippen LogP contribution in [0.4, 0.5) is 0 Å². The summed E-state index contributed by atoms with van der Waals surface area (Å²) in [6, 6.07) is -3.70. The average molecular weight is 1240 g/mol. The summed E-state index contributed by atoms with van der Waals surface area (Å²) in [5, 5.41) is 54.0. The number of H-pyrrole nitrogens is 1. The first-order valence-electron chi connectivity index (χ1n) is 29.0. The summed E-state index contributed by atoms with van der Waals surface area (Å²) < 4.78 is 21.3. The minimum absolute atomic E-state index is 0.00870. The number of hydrogen-bond donors (Lipinski definition) is 11. The van der Waals surface area contributed by atoms with Gasteiger partial charge in [-0.05, 0) is 49.3 Å². The van der Waals surface area contributed by atoms with Gasteiger partial charge in [-0.3, -0.25) is 61.7 Å². The lowest BCUT2D eigenvalue weighted by molar-refractivity contribution is -0.144. The number of primary amides is 1. The van der Waals surface area contributed by atoms with Gasteiger partial charge >= 0.3 is 5.97 Å². The number of carbonyl (C=O) groups excluding carboxylic acids is 11. The summed E-state index contributed by atoms with van der Waals surface area (Å²) in [7, 11) is -0.987. The van der Waals surface area contributed by atoms with Gasteiger partial charge in [0, 0.05) is 97.4 Å². The van der Waals surface area contributed by atoms with Crippen LogP contribution in [0, 0.1) is 29.6 Å². The number of nitrogens with two attached hydrogens (primary N) is 1. The van der Waals surface area contributed by atoms with E-state index in [9.17, 15) is 68.1 Å². The molecule has 2 bridgehead atoms. The van der Waals surface area contributed by atoms with Gasteiger partial charge in [0.15, 0.2) is 11.6 Å². The minimum atomic E-state index is -2.43. The molecule has 12 N–H and O–H groups in total. The number of ketones is 3. The first kappa shape index (κ1) is 68.3. The van der Waals surface area contributed by atoms with Gasteiger partial charge in [-0.25, -0.2) is 0 Å². The topological polar surface area (TPSA) is 420 Å². The number of aliphatic hydroxyl groups is 3. The van der Waals surface area contributed by atoms with Gasteiger partial charge in [-0.1, -0.05) is 34.1 Å². The Morgan fingerprint density at radius 1 is 0.895 bits per heavy atom. The number of carboxylic acids is 1. The molecule has 0 radical (unpaired) electrons. The maximum Gasteiger partial charge on any atom is 0.304 e. The van der Waals surface area contributed by atoms with Crippen molar-refractivity contribution in [2.75, 3.05) is 52.2 Å². The molecule has 0 spiro atoms. The molecular formula is C57H81N9O18S2. The molecule has 1 aromatic heterocycles. The Balaban J connectivity index is 1.46. The number of benzene rings is 1. The van der Waals surface area contributed by atoms with Gasteiger partial charge < -0.3 is 72.3 Å². The van der Waals surface area contributed by atoms with Crippen LogP contribution in [-0.4, -0.2) is 204 Å². The quantitative estimate of drug-likeness (QED) is 0.0821. The van der Waals surface area contributed by atoms with Gasteiger partial charge in [-0.2, -0.15) is 11.8 Å². The zero-order valence-electron chi connectivity index (χ0n) is 49.0. The number of methoxy groups -OCH3 is 1. The van der Waals surface area contributed by atoms with Crippen LogP contribution in [0.5, 0.6) is 5.75 Å². The number of ether oxygens (including phenoxy) is 1. The van der Waals surface area contributed by atoms with Crippen molar-refractivity contribution in [1.29, 1.82) is 0 Å². The van der Waals surface area contributed by atoms with Crippen molar-refractivity contribution >= 4 is 104 Å². The monoisotopic (exact) mass is 1240 g/mol. The number of carbonyl (C=O) groups is 12. The van der Waals surface area contributed by atoms with E-state index in [2.05, 4.69) is 31.6 Å². The van der Waals surface area contributed by atoms with E-state index in [1.165, 1.54) is 14.0 Å². The van der Waals surface area contributed by atoms with Crippen LogP contribution in [0.3, 0.4) is 0 Å². The highest BCUT2D eigenvalue weighted by Crippen LogP contribution is 2.39. The second-order valence-corrected chi connectivity index (χ2v) is 25.6. The minimum Gasteiger partial charge on any atom is -0.496 e. The fourth-order valence-electron chi connectivity index (χ4n) is 11.4. The number of aromatic nitrogens is 1. The molecule has 2 fully saturated rings. The highest BCUT2D eigenvalue weighted by Gasteiger charge is 2.45. The smallest absolute Gasteiger partial charge is 0.304 e. The molecule has 0 aliphatic carbocycles. The Morgan fingerprint density at radius 2 is 1.59 bits per heavy atom. The number of carboxylic acid groups (broad SMARTS) is 1. The highest BCUT2D eigenvalue weighted by atomic mass is 32.2. The van der Waals surface area contributed by atoms with E-state index >= 15 is 9.00 Å². The van der Waals surface area contributed by atoms with Gasteiger partial charge in [0.2, 0.25) is 47.3 Å². The Hall–Kier alpha value is -6.82. The van der Waals surface area contributed by atoms with E-state index in [1.54, 1.807) is 49.6 Å². The molecule has 86 heavy (non-hydrogen) atoms. The average Bonchev–Trinajstić information content (AvgIpc) is 1.68. The van der Waals surface area contributed by atoms with Crippen LogP contribution in [0.1, 0.15) is 109 Å². The second-order valence-electron chi connectivity index (χ2n) is 22.9. The number of piperidine rings is 1. The Bertz CT molecular complexity index is 2930. The molecule has 0 saturated carbocycles. The number of aliphatic carboxylic acids is 1. The van der Waals surface area contributed by atoms with Crippen LogP contribution in [0.2, 0.25) is 0 Å². The Morgan fingerprint density at radius 3 is 2.24 bits per heavy atom. The molecule has 27 nitrogen and oxygen atoms in total. The fourth-order valence-corrected chi connectivity index (χ4v) is 14.0. The van der Waals surface area contributed by atoms with Crippen molar-refractivity contribution in [3.8, 4) is 5.75 Å². The number of fused-ring (bicyclic) bond motifs is 5. The molecule has 2 aromatic rings. The van der Waals surface area contributed by atoms with Gasteiger partial charge in [-0.15, -0.1) is 0 Å². The Labute approximate surface area is 504 Å². The summed E-state index contributed by atoms with van der Waals surface area (Å²) in [5.74, 6) is -14.8. The standard InChI is InChI=1S/C57H81N9O18S2/c1-6-28(2)36-19-32(68)22-59-52(78)31-17-37-35-10-11-45(84-5)38(26-85-34-12-14-65(15-13-34)48(75)9-7-8-42(70)29(3)16-49(76)77)51(35)64-56(37)86(83)27-40(61-47(74)23-60-53(36)79)54(80)62-39(21-46(58)73)57(82)66-24-33(69)20-41(66)55(81)63-50(43(71)18-31)30(4)44(72)25-67/h10-11,28-31,33-34,36,39-41,44,50,64,67,69,72H,6-9,12-27H2,1-5H3,(H2,58,73)(H,59,78)(H,60,79)(H,61,74)(H,62,80)(H,63,81)(H,76,77)/t28-,29?,30-,31+,33+,36-,39-,40-,41-,44-,50-,86?/m0/s1. The fraction of sp³-hybridized carbons (Fsp3) is 0.649. The molecule has 29 heteroatoms. The number of aliphatic hydroxyl groups excluding tert-OH is 3. The number of aromatic amines is 1. The molecule has 8 amide bonds. The molecule has 474 valence electrons. The first-order chi connectivity index (χ1) is 40.7. The number of likely N-dealkylation sites (tertiary alicyclic amines) is 1. The van der Waals surface area contributed by atoms with Crippen LogP contribution in [0.25, 0.3) is 10.9 Å². The van der Waals surface area contributed by atoms with Gasteiger partial charge in [0.1, 0.15) is 34.7 Å². The molecule has 6 rings (SSSR count). The summed E-state index contributed by atoms with van der Waals surface area (Å²) in [5.41, 5.74) is 6.69. The first-order valence-corrected chi connectivity index (χ1v) is 31.4. The third-order valence-corrected chi connectivity index (χ3v) is 19.6. The van der Waals surface area contributed by atoms with Crippen molar-refractivity contribution in [3.05, 3.63) is 23.3 Å². The summed E-state index contributed by atoms with van der Waals surface area (Å²) >= 11 is 1.54. The number of thioether (sulfide) groups is 1. The van der Waals surface area contributed by atoms with Crippen molar-refractivity contribution in [1.82, 2.24) is 41.4 Å². The SMILES string of the molecule is CC[C@H](C)[C@@H]1CC(=O)CNC(=O)[C@H]2CC(=O)[C@H]([C@@H](C)[C@@H](O)CO)NC(=O)[C@@H]3C[C@@H](O)CN3C(=O)[C@H](CC(N)=O)NC(=O)[C@H](CS(=O)c3[nH]c4c(CSC5CCN(C(=O)CCCC(=O)C(C)CC(=O)O)CC5)c(OC)ccc4c3C2)NC(=O)CNC1=O. The van der Waals surface area contributed by atoms with Crippen molar-refractivity contribution < 1.29 is 86.9 Å². The van der Waals surface area contributed by atoms with E-state index < -0.39 is 200 Å². The lowest BCUT2D eigenvalue weighted by atomic mass is 9.85. The zero-order valence-corrected chi connectivity index (χ0v) is 50.7. The molecular weight excluding hydrogens is 1160 g/mol. The summed E-state index contributed by atoms with van der Waals surface area (Å²) in [6.45, 7) is 4.45. The lowest BCUT2D eigenvalue weighted by Gasteiger charge is -2.32. The van der Waals surface area contributed by atoms with E-state index in [4.69, 9.17) is 15.6 Å². The number of amides is 8. The molecule has 2 saturated heterocycles. The second kappa shape index (κ2) is 31.2. The predicted molar refractivity (Wildman–Crippen MR) is 311 cm³/mol. The summed E-state index contributed by atoms with van der Waals surface area (Å²) in [6.07, 6.45) is -4.07. The molecule has 5 heterocycles. The van der Waals surface area contributed by atoms with Gasteiger partial charge in [0.25, 0.3) is 0 Å². The molecule has 2 unspecified atom stereocenters. The maximum absolute atomic E-state index is 15.4. The number of rotatable bonds is 18. The predicted octanol–water partition coefficient (Wildman–Crippen LogP) is -1.36. The highest BCUT2D eigenvalue weighted by molar-refractivity contribution is 7.99. The zero-order chi connectivity index (χ0) is 63.3. The van der Waals surface area contributed by atoms with Crippen molar-refractivity contribution in [2.24, 2.45) is 35.3 Å². The largest absolute Gasteiger partial charge is 0.496 e. The third kappa shape index (κ3) is 17.7.